The first-order valence-electron chi connectivity index (χ1n) is 14.1. The average Bonchev–Trinajstić information content (AvgIpc) is 3.07. The van der Waals surface area contributed by atoms with E-state index >= 15 is 0 Å². The highest BCUT2D eigenvalue weighted by molar-refractivity contribution is 7.24. The van der Waals surface area contributed by atoms with E-state index in [2.05, 4.69) is 4.98 Å². The fourth-order valence-corrected chi connectivity index (χ4v) is 7.53. The van der Waals surface area contributed by atoms with Gasteiger partial charge in [0.15, 0.2) is 16.5 Å². The smallest absolute Gasteiger partial charge is 0.310 e. The van der Waals surface area contributed by atoms with Crippen LogP contribution in [0.25, 0.3) is 40.3 Å². The van der Waals surface area contributed by atoms with Gasteiger partial charge in [0.05, 0.1) is 6.42 Å². The number of fused-ring (bicyclic) bond motifs is 4. The second-order valence-corrected chi connectivity index (χ2v) is 12.8. The molecule has 0 bridgehead atoms. The molecule has 9 heteroatoms. The number of ether oxygens (including phenoxy) is 1. The Kier molecular flexibility index (Phi) is 7.29. The Hall–Kier alpha value is -5.09. The summed E-state index contributed by atoms with van der Waals surface area (Å²) in [5.41, 5.74) is -2.00. The molecule has 0 saturated heterocycles. The molecule has 7 aromatic rings. The summed E-state index contributed by atoms with van der Waals surface area (Å²) < 4.78 is 8.54. The predicted molar refractivity (Wildman–Crippen MR) is 178 cm³/mol. The van der Waals surface area contributed by atoms with E-state index in [0.717, 1.165) is 9.40 Å². The normalized spacial score (nSPS) is 12.8. The van der Waals surface area contributed by atoms with Crippen molar-refractivity contribution in [2.75, 3.05) is 6.61 Å². The van der Waals surface area contributed by atoms with Crippen molar-refractivity contribution in [3.63, 3.8) is 0 Å². The molecule has 1 atom stereocenters. The lowest BCUT2D eigenvalue weighted by atomic mass is 9.85. The number of carbonyl (C=O) groups excluding carboxylic acids is 2. The van der Waals surface area contributed by atoms with Crippen molar-refractivity contribution in [1.29, 1.82) is 0 Å². The lowest BCUT2D eigenvalue weighted by Crippen LogP contribution is -2.41. The topological polar surface area (TPSA) is 111 Å². The second-order valence-electron chi connectivity index (χ2n) is 10.7. The summed E-state index contributed by atoms with van der Waals surface area (Å²) in [5.74, 6) is -1.42. The quantitative estimate of drug-likeness (QED) is 0.124. The van der Waals surface area contributed by atoms with Crippen LogP contribution in [-0.2, 0) is 21.6 Å². The van der Waals surface area contributed by atoms with Crippen LogP contribution in [-0.4, -0.2) is 28.4 Å². The number of benzene rings is 4. The molecule has 7 nitrogen and oxygen atoms in total. The minimum absolute atomic E-state index is 0.0681. The van der Waals surface area contributed by atoms with Gasteiger partial charge < -0.3 is 9.84 Å². The van der Waals surface area contributed by atoms with E-state index < -0.39 is 24.0 Å². The van der Waals surface area contributed by atoms with Crippen LogP contribution in [0, 0.1) is 0 Å². The van der Waals surface area contributed by atoms with E-state index in [1.54, 1.807) is 73.1 Å². The summed E-state index contributed by atoms with van der Waals surface area (Å²) in [4.78, 5) is 57.9. The first-order valence-corrected chi connectivity index (χ1v) is 15.7. The maximum Gasteiger partial charge on any atom is 0.310 e. The standard InChI is InChI=1S/C36H23NO6S2/c38-32(17-21-13-15-37-16-14-21)43-20-36(42,23-10-12-31-27(19-23)34(40)25-6-2-4-8-29(25)45-31)35(41)22-9-11-30-26(18-22)33(39)24-5-1-3-7-28(24)44-30/h1-16,18-19,42H,17,20H2. The van der Waals surface area contributed by atoms with Crippen molar-refractivity contribution in [3.8, 4) is 0 Å². The van der Waals surface area contributed by atoms with Crippen molar-refractivity contribution in [2.24, 2.45) is 0 Å². The van der Waals surface area contributed by atoms with Gasteiger partial charge in [-0.05, 0) is 77.9 Å². The first kappa shape index (κ1) is 28.7. The first-order chi connectivity index (χ1) is 21.8. The molecular weight excluding hydrogens is 607 g/mol. The Balaban J connectivity index is 1.33. The number of Topliss-reactive ketones (excluding diaryl/α,β-unsaturated/α-hetero) is 1. The lowest BCUT2D eigenvalue weighted by Gasteiger charge is -2.27. The molecule has 0 aliphatic carbocycles. The molecule has 1 N–H and O–H groups in total. The van der Waals surface area contributed by atoms with Crippen molar-refractivity contribution < 1.29 is 19.4 Å². The zero-order valence-corrected chi connectivity index (χ0v) is 25.2. The van der Waals surface area contributed by atoms with E-state index in [4.69, 9.17) is 4.74 Å². The molecule has 7 rings (SSSR count). The molecule has 0 saturated carbocycles. The van der Waals surface area contributed by atoms with Crippen molar-refractivity contribution in [3.05, 3.63) is 147 Å². The van der Waals surface area contributed by atoms with Crippen LogP contribution in [0.1, 0.15) is 21.5 Å². The van der Waals surface area contributed by atoms with Crippen LogP contribution in [0.2, 0.25) is 0 Å². The third kappa shape index (κ3) is 5.21. The van der Waals surface area contributed by atoms with Crippen LogP contribution < -0.4 is 10.9 Å². The summed E-state index contributed by atoms with van der Waals surface area (Å²) in [6.45, 7) is -0.699. The maximum absolute atomic E-state index is 14.3. The number of nitrogens with zero attached hydrogens (tertiary/aromatic N) is 1. The van der Waals surface area contributed by atoms with E-state index in [1.807, 2.05) is 24.3 Å². The fourth-order valence-electron chi connectivity index (χ4n) is 5.43. The number of hydrogen-bond acceptors (Lipinski definition) is 9. The summed E-state index contributed by atoms with van der Waals surface area (Å²) in [6.07, 6.45) is 3.01. The summed E-state index contributed by atoms with van der Waals surface area (Å²) >= 11 is 2.85. The van der Waals surface area contributed by atoms with Crippen LogP contribution in [0.5, 0.6) is 0 Å². The molecule has 45 heavy (non-hydrogen) atoms. The Bertz CT molecular complexity index is 2420. The Morgan fingerprint density at radius 1 is 0.689 bits per heavy atom. The molecule has 0 aliphatic rings. The molecule has 220 valence electrons. The highest BCUT2D eigenvalue weighted by atomic mass is 32.1. The van der Waals surface area contributed by atoms with Gasteiger partial charge in [-0.1, -0.05) is 30.3 Å². The monoisotopic (exact) mass is 629 g/mol. The zero-order valence-electron chi connectivity index (χ0n) is 23.6. The van der Waals surface area contributed by atoms with E-state index in [0.29, 0.717) is 36.5 Å². The Labute approximate surface area is 263 Å². The van der Waals surface area contributed by atoms with Gasteiger partial charge in [0, 0.05) is 58.3 Å². The molecule has 3 aromatic heterocycles. The molecule has 4 aromatic carbocycles. The number of hydrogen-bond donors (Lipinski definition) is 1. The van der Waals surface area contributed by atoms with Gasteiger partial charge in [-0.25, -0.2) is 0 Å². The zero-order chi connectivity index (χ0) is 31.1. The van der Waals surface area contributed by atoms with Crippen LogP contribution in [0.3, 0.4) is 0 Å². The minimum Gasteiger partial charge on any atom is -0.461 e. The average molecular weight is 630 g/mol. The van der Waals surface area contributed by atoms with E-state index in [-0.39, 0.29) is 28.4 Å². The van der Waals surface area contributed by atoms with Crippen LogP contribution in [0.4, 0.5) is 0 Å². The van der Waals surface area contributed by atoms with Crippen molar-refractivity contribution in [2.45, 2.75) is 12.0 Å². The Morgan fingerprint density at radius 2 is 1.24 bits per heavy atom. The SMILES string of the molecule is O=C(Cc1ccncc1)OCC(O)(C(=O)c1ccc2sc3ccccc3c(=O)c2c1)c1ccc2sc3ccccc3c(=O)c2c1. The lowest BCUT2D eigenvalue weighted by molar-refractivity contribution is -0.148. The minimum atomic E-state index is -2.36. The molecule has 1 unspecified atom stereocenters. The number of pyridine rings is 1. The van der Waals surface area contributed by atoms with Gasteiger partial charge in [0.25, 0.3) is 0 Å². The maximum atomic E-state index is 14.3. The van der Waals surface area contributed by atoms with Gasteiger partial charge in [-0.2, -0.15) is 0 Å². The van der Waals surface area contributed by atoms with Gasteiger partial charge in [0.1, 0.15) is 6.61 Å². The molecule has 0 fully saturated rings. The Morgan fingerprint density at radius 3 is 1.89 bits per heavy atom. The van der Waals surface area contributed by atoms with Crippen LogP contribution >= 0.6 is 22.7 Å². The number of ketones is 1. The second kappa shape index (κ2) is 11.4. The summed E-state index contributed by atoms with van der Waals surface area (Å²) in [7, 11) is 0. The molecule has 3 heterocycles. The molecule has 0 radical (unpaired) electrons. The number of aromatic nitrogens is 1. The highest BCUT2D eigenvalue weighted by Gasteiger charge is 2.41. The largest absolute Gasteiger partial charge is 0.461 e. The molecule has 0 amide bonds. The third-order valence-electron chi connectivity index (χ3n) is 7.81. The number of aliphatic hydroxyl groups is 1. The van der Waals surface area contributed by atoms with Gasteiger partial charge in [-0.15, -0.1) is 22.7 Å². The molecule has 0 spiro atoms. The highest BCUT2D eigenvalue weighted by Crippen LogP contribution is 2.33. The number of rotatable bonds is 7. The van der Waals surface area contributed by atoms with Gasteiger partial charge in [0.2, 0.25) is 5.78 Å². The van der Waals surface area contributed by atoms with E-state index in [9.17, 15) is 24.3 Å². The summed E-state index contributed by atoms with van der Waals surface area (Å²) in [5, 5.41) is 13.9. The predicted octanol–water partition coefficient (Wildman–Crippen LogP) is 6.39. The van der Waals surface area contributed by atoms with Gasteiger partial charge >= 0.3 is 5.97 Å². The third-order valence-corrected chi connectivity index (χ3v) is 10.1. The van der Waals surface area contributed by atoms with Crippen LogP contribution in [0.15, 0.2) is 119 Å². The fraction of sp³-hybridized carbons (Fsp3) is 0.0833. The molecular formula is C36H23NO6S2. The number of esters is 1. The summed E-state index contributed by atoms with van der Waals surface area (Å²) in [6, 6.07) is 27.3. The molecule has 0 aliphatic heterocycles. The van der Waals surface area contributed by atoms with Crippen molar-refractivity contribution >= 4 is 74.8 Å². The van der Waals surface area contributed by atoms with Crippen molar-refractivity contribution in [1.82, 2.24) is 4.98 Å². The number of carbonyl (C=O) groups is 2. The van der Waals surface area contributed by atoms with Gasteiger partial charge in [-0.3, -0.25) is 24.2 Å². The van der Waals surface area contributed by atoms with E-state index in [1.165, 1.54) is 34.8 Å².